The monoisotopic (exact) mass is 498 g/mol. The number of thiocarbonyl (C=S) groups is 1. The summed E-state index contributed by atoms with van der Waals surface area (Å²) in [5.74, 6) is 1.30. The molecular weight excluding hydrogens is 472 g/mol. The summed E-state index contributed by atoms with van der Waals surface area (Å²) in [5, 5.41) is 6.96. The van der Waals surface area contributed by atoms with Gasteiger partial charge in [0.25, 0.3) is 0 Å². The molecule has 3 aromatic heterocycles. The predicted molar refractivity (Wildman–Crippen MR) is 142 cm³/mol. The summed E-state index contributed by atoms with van der Waals surface area (Å²) >= 11 is 5.76. The van der Waals surface area contributed by atoms with E-state index in [9.17, 15) is 4.79 Å². The number of benzene rings is 1. The van der Waals surface area contributed by atoms with Crippen LogP contribution in [0.5, 0.6) is 5.75 Å². The lowest BCUT2D eigenvalue weighted by Gasteiger charge is -2.28. The molecule has 1 aromatic carbocycles. The molecule has 0 radical (unpaired) electrons. The van der Waals surface area contributed by atoms with Crippen LogP contribution in [-0.2, 0) is 4.79 Å². The quantitative estimate of drug-likeness (QED) is 0.351. The van der Waals surface area contributed by atoms with Crippen LogP contribution >= 0.6 is 12.2 Å². The van der Waals surface area contributed by atoms with Gasteiger partial charge in [0.15, 0.2) is 5.11 Å². The van der Waals surface area contributed by atoms with Crippen molar-refractivity contribution in [2.45, 2.75) is 18.5 Å². The molecular formula is C27H26N6O2S. The van der Waals surface area contributed by atoms with Gasteiger partial charge in [0.05, 0.1) is 30.6 Å². The van der Waals surface area contributed by atoms with E-state index in [4.69, 9.17) is 17.0 Å². The highest BCUT2D eigenvalue weighted by molar-refractivity contribution is 7.80. The number of ether oxygens (including phenoxy) is 1. The number of hydrogen-bond donors (Lipinski definition) is 2. The molecule has 9 heteroatoms. The largest absolute Gasteiger partial charge is 0.495 e. The molecule has 2 N–H and O–H groups in total. The molecule has 5 rings (SSSR count). The summed E-state index contributed by atoms with van der Waals surface area (Å²) in [7, 11) is 1.58. The fraction of sp³-hybridized carbons (Fsp3) is 0.185. The second kappa shape index (κ2) is 10.6. The second-order valence-corrected chi connectivity index (χ2v) is 8.70. The maximum absolute atomic E-state index is 12.9. The zero-order valence-electron chi connectivity index (χ0n) is 19.7. The molecule has 0 aliphatic carbocycles. The van der Waals surface area contributed by atoms with E-state index in [1.54, 1.807) is 19.5 Å². The molecule has 2 atom stereocenters. The Labute approximate surface area is 215 Å². The number of anilines is 1. The highest BCUT2D eigenvalue weighted by Crippen LogP contribution is 2.39. The van der Waals surface area contributed by atoms with Crippen molar-refractivity contribution < 1.29 is 9.53 Å². The summed E-state index contributed by atoms with van der Waals surface area (Å²) in [5.41, 5.74) is 2.51. The van der Waals surface area contributed by atoms with Crippen LogP contribution in [0.4, 0.5) is 5.69 Å². The van der Waals surface area contributed by atoms with Crippen LogP contribution in [0.15, 0.2) is 91.4 Å². The Morgan fingerprint density at radius 3 is 2.56 bits per heavy atom. The van der Waals surface area contributed by atoms with Crippen LogP contribution in [0, 0.1) is 0 Å². The number of pyridine rings is 2. The van der Waals surface area contributed by atoms with E-state index in [0.717, 1.165) is 17.2 Å². The third-order valence-corrected chi connectivity index (χ3v) is 6.49. The fourth-order valence-electron chi connectivity index (χ4n) is 4.49. The third kappa shape index (κ3) is 4.78. The van der Waals surface area contributed by atoms with E-state index in [1.165, 1.54) is 0 Å². The van der Waals surface area contributed by atoms with Crippen LogP contribution in [0.2, 0.25) is 0 Å². The van der Waals surface area contributed by atoms with Gasteiger partial charge in [0.1, 0.15) is 11.6 Å². The summed E-state index contributed by atoms with van der Waals surface area (Å²) in [4.78, 5) is 24.1. The Morgan fingerprint density at radius 2 is 1.81 bits per heavy atom. The van der Waals surface area contributed by atoms with Gasteiger partial charge in [0, 0.05) is 37.3 Å². The van der Waals surface area contributed by atoms with Gasteiger partial charge in [-0.25, -0.2) is 4.98 Å². The number of rotatable bonds is 8. The predicted octanol–water partition coefficient (Wildman–Crippen LogP) is 4.28. The first-order valence-electron chi connectivity index (χ1n) is 11.7. The molecule has 1 amide bonds. The zero-order chi connectivity index (χ0) is 24.9. The molecule has 1 fully saturated rings. The molecule has 1 aliphatic heterocycles. The van der Waals surface area contributed by atoms with Crippen LogP contribution in [0.3, 0.4) is 0 Å². The highest BCUT2D eigenvalue weighted by atomic mass is 32.1. The number of methoxy groups -OCH3 is 1. The molecule has 0 saturated carbocycles. The third-order valence-electron chi connectivity index (χ3n) is 6.14. The smallest absolute Gasteiger partial charge is 0.226 e. The SMILES string of the molecule is COc1ccccc1NC(=O)CCN1C(=S)NC(c2ccccn2)C1c1cccn1-c1ccccn1. The number of amides is 1. The topological polar surface area (TPSA) is 84.3 Å². The molecule has 1 saturated heterocycles. The van der Waals surface area contributed by atoms with Crippen molar-refractivity contribution in [2.24, 2.45) is 0 Å². The molecule has 0 bridgehead atoms. The Kier molecular flexibility index (Phi) is 6.90. The fourth-order valence-corrected chi connectivity index (χ4v) is 4.82. The van der Waals surface area contributed by atoms with E-state index in [0.29, 0.717) is 23.1 Å². The van der Waals surface area contributed by atoms with Crippen molar-refractivity contribution in [1.82, 2.24) is 24.8 Å². The molecule has 4 heterocycles. The van der Waals surface area contributed by atoms with Crippen molar-refractivity contribution >= 4 is 28.9 Å². The maximum atomic E-state index is 12.9. The Bertz CT molecular complexity index is 1340. The number of nitrogens with zero attached hydrogens (tertiary/aromatic N) is 4. The average molecular weight is 499 g/mol. The van der Waals surface area contributed by atoms with Crippen molar-refractivity contribution in [1.29, 1.82) is 0 Å². The van der Waals surface area contributed by atoms with Gasteiger partial charge in [-0.1, -0.05) is 24.3 Å². The van der Waals surface area contributed by atoms with E-state index < -0.39 is 0 Å². The zero-order valence-corrected chi connectivity index (χ0v) is 20.6. The molecule has 182 valence electrons. The molecule has 0 spiro atoms. The summed E-state index contributed by atoms with van der Waals surface area (Å²) in [6.45, 7) is 0.425. The number of nitrogens with one attached hydrogen (secondary N) is 2. The first kappa shape index (κ1) is 23.5. The maximum Gasteiger partial charge on any atom is 0.226 e. The van der Waals surface area contributed by atoms with Crippen LogP contribution in [0.25, 0.3) is 5.82 Å². The van der Waals surface area contributed by atoms with E-state index in [2.05, 4.69) is 36.1 Å². The van der Waals surface area contributed by atoms with Gasteiger partial charge in [-0.15, -0.1) is 0 Å². The van der Waals surface area contributed by atoms with Crippen molar-refractivity contribution in [3.63, 3.8) is 0 Å². The minimum absolute atomic E-state index is 0.123. The van der Waals surface area contributed by atoms with Crippen LogP contribution in [0.1, 0.15) is 29.9 Å². The van der Waals surface area contributed by atoms with Crippen molar-refractivity contribution in [3.8, 4) is 11.6 Å². The molecule has 2 unspecified atom stereocenters. The summed E-state index contributed by atoms with van der Waals surface area (Å²) in [6.07, 6.45) is 5.78. The van der Waals surface area contributed by atoms with Gasteiger partial charge < -0.3 is 24.8 Å². The van der Waals surface area contributed by atoms with E-state index in [-0.39, 0.29) is 24.4 Å². The lowest BCUT2D eigenvalue weighted by atomic mass is 10.0. The number of carbonyl (C=O) groups excluding carboxylic acids is 1. The number of carbonyl (C=O) groups is 1. The van der Waals surface area contributed by atoms with Gasteiger partial charge in [-0.3, -0.25) is 9.78 Å². The van der Waals surface area contributed by atoms with E-state index >= 15 is 0 Å². The Balaban J connectivity index is 1.43. The Morgan fingerprint density at radius 1 is 1.03 bits per heavy atom. The highest BCUT2D eigenvalue weighted by Gasteiger charge is 2.41. The molecule has 8 nitrogen and oxygen atoms in total. The van der Waals surface area contributed by atoms with Crippen LogP contribution in [-0.4, -0.2) is 44.1 Å². The summed E-state index contributed by atoms with van der Waals surface area (Å²) < 4.78 is 7.41. The first-order chi connectivity index (χ1) is 17.7. The van der Waals surface area contributed by atoms with Crippen molar-refractivity contribution in [3.05, 3.63) is 103 Å². The molecule has 36 heavy (non-hydrogen) atoms. The first-order valence-corrected chi connectivity index (χ1v) is 12.1. The Hall–Kier alpha value is -4.24. The average Bonchev–Trinajstić information content (AvgIpc) is 3.53. The van der Waals surface area contributed by atoms with Gasteiger partial charge in [-0.05, 0) is 60.7 Å². The minimum Gasteiger partial charge on any atom is -0.495 e. The standard InChI is InChI=1S/C27H26N6O2S/c1-35-22-12-3-2-9-19(22)30-24(34)14-18-33-26(25(31-27(33)36)20-10-4-6-15-28-20)21-11-8-17-32(21)23-13-5-7-16-29-23/h2-13,15-17,25-26H,14,18H2,1H3,(H,30,34)(H,31,36). The lowest BCUT2D eigenvalue weighted by Crippen LogP contribution is -2.33. The lowest BCUT2D eigenvalue weighted by molar-refractivity contribution is -0.116. The van der Waals surface area contributed by atoms with E-state index in [1.807, 2.05) is 72.9 Å². The molecule has 4 aromatic rings. The number of para-hydroxylation sites is 2. The van der Waals surface area contributed by atoms with Crippen LogP contribution < -0.4 is 15.4 Å². The van der Waals surface area contributed by atoms with Gasteiger partial charge in [-0.2, -0.15) is 0 Å². The summed E-state index contributed by atoms with van der Waals surface area (Å²) in [6, 6.07) is 22.7. The second-order valence-electron chi connectivity index (χ2n) is 8.31. The minimum atomic E-state index is -0.191. The number of hydrogen-bond acceptors (Lipinski definition) is 5. The molecule has 1 aliphatic rings. The van der Waals surface area contributed by atoms with Crippen molar-refractivity contribution in [2.75, 3.05) is 19.0 Å². The number of aromatic nitrogens is 3. The van der Waals surface area contributed by atoms with Gasteiger partial charge in [0.2, 0.25) is 5.91 Å². The van der Waals surface area contributed by atoms with Gasteiger partial charge >= 0.3 is 0 Å². The normalized spacial score (nSPS) is 17.0.